The first-order valence-electron chi connectivity index (χ1n) is 21.4. The Morgan fingerprint density at radius 2 is 0.958 bits per heavy atom. The van der Waals surface area contributed by atoms with Gasteiger partial charge in [-0.25, -0.2) is 0 Å². The third-order valence-electron chi connectivity index (χ3n) is 11.0. The summed E-state index contributed by atoms with van der Waals surface area (Å²) >= 11 is 0. The number of Topliss-reactive ketones (excluding diaryl/α,β-unsaturated/α-hetero) is 2. The van der Waals surface area contributed by atoms with Gasteiger partial charge in [0, 0.05) is 82.4 Å². The number of aryl methyl sites for hydroxylation is 5. The molecule has 9 rings (SSSR count). The van der Waals surface area contributed by atoms with E-state index in [1.54, 1.807) is 49.1 Å². The number of benzene rings is 4. The van der Waals surface area contributed by atoms with E-state index in [1.165, 1.54) is 17.2 Å². The number of ketones is 2. The topological polar surface area (TPSA) is 146 Å². The first-order chi connectivity index (χ1) is 31.1. The van der Waals surface area contributed by atoms with Gasteiger partial charge in [-0.15, -0.1) is 0 Å². The molecule has 0 saturated carbocycles. The molecular weight excluding hydrogens is 890 g/mol. The summed E-state index contributed by atoms with van der Waals surface area (Å²) in [5.41, 5.74) is 10.7. The summed E-state index contributed by atoms with van der Waals surface area (Å²) in [6.45, 7) is 5.68. The van der Waals surface area contributed by atoms with Crippen LogP contribution < -0.4 is 16.7 Å². The number of aromatic amines is 3. The van der Waals surface area contributed by atoms with Gasteiger partial charge in [-0.05, 0) is 102 Å². The van der Waals surface area contributed by atoms with Gasteiger partial charge in [0.2, 0.25) is 11.1 Å². The molecular formula is C61H76B2N4O5. The van der Waals surface area contributed by atoms with Crippen LogP contribution in [0.15, 0.2) is 197 Å². The van der Waals surface area contributed by atoms with E-state index in [-0.39, 0.29) is 101 Å². The molecule has 1 aliphatic carbocycles. The van der Waals surface area contributed by atoms with Crippen LogP contribution >= 0.6 is 0 Å². The largest absolute Gasteiger partial charge is 0.329 e. The maximum atomic E-state index is 12.2. The van der Waals surface area contributed by atoms with E-state index in [0.29, 0.717) is 5.56 Å². The number of carbonyl (C=O) groups excluding carboxylic acids is 2. The molecule has 72 heavy (non-hydrogen) atoms. The lowest BCUT2D eigenvalue weighted by Gasteiger charge is -2.17. The van der Waals surface area contributed by atoms with Crippen molar-refractivity contribution in [1.82, 2.24) is 19.9 Å². The van der Waals surface area contributed by atoms with Crippen molar-refractivity contribution in [2.24, 2.45) is 0 Å². The number of hydrogen-bond acceptors (Lipinski definition) is 6. The summed E-state index contributed by atoms with van der Waals surface area (Å²) in [6.07, 6.45) is 10.6. The smallest absolute Gasteiger partial charge is 0.256 e. The molecule has 2 atom stereocenters. The third-order valence-corrected chi connectivity index (χ3v) is 11.0. The Balaban J connectivity index is -0.000000851. The number of hydrogen-bond donors (Lipinski definition) is 3. The predicted octanol–water partition coefficient (Wildman–Crippen LogP) is 13.1. The second-order valence-electron chi connectivity index (χ2n) is 15.5. The van der Waals surface area contributed by atoms with Gasteiger partial charge in [-0.3, -0.25) is 29.0 Å². The van der Waals surface area contributed by atoms with Gasteiger partial charge in [0.1, 0.15) is 0 Å². The molecule has 4 heterocycles. The van der Waals surface area contributed by atoms with Crippen molar-refractivity contribution >= 4 is 28.4 Å². The number of nitrogens with one attached hydrogen (secondary N) is 3. The van der Waals surface area contributed by atoms with E-state index < -0.39 is 0 Å². The third kappa shape index (κ3) is 19.6. The van der Waals surface area contributed by atoms with E-state index in [4.69, 9.17) is 0 Å². The van der Waals surface area contributed by atoms with E-state index in [0.717, 1.165) is 70.3 Å². The molecule has 0 fully saturated rings. The lowest BCUT2D eigenvalue weighted by Crippen LogP contribution is -2.16. The molecule has 2 unspecified atom stereocenters. The average molecular weight is 967 g/mol. The van der Waals surface area contributed by atoms with Gasteiger partial charge in [-0.1, -0.05) is 174 Å². The van der Waals surface area contributed by atoms with Crippen LogP contribution in [-0.2, 0) is 25.7 Å². The molecule has 0 amide bonds. The fourth-order valence-corrected chi connectivity index (χ4v) is 7.43. The Kier molecular flexibility index (Phi) is 33.0. The highest BCUT2D eigenvalue weighted by Crippen LogP contribution is 2.30. The Morgan fingerprint density at radius 1 is 0.500 bits per heavy atom. The Bertz CT molecular complexity index is 2960. The van der Waals surface area contributed by atoms with Crippen molar-refractivity contribution in [3.05, 3.63) is 264 Å². The molecule has 9 nitrogen and oxygen atoms in total. The average Bonchev–Trinajstić information content (AvgIpc) is 3.34. The van der Waals surface area contributed by atoms with E-state index in [1.807, 2.05) is 130 Å². The van der Waals surface area contributed by atoms with E-state index in [2.05, 4.69) is 38.1 Å². The zero-order chi connectivity index (χ0) is 45.3. The monoisotopic (exact) mass is 967 g/mol. The molecule has 3 N–H and O–H groups in total. The standard InChI is InChI=1S/C15H15NO.C14H13NO2.C13H11NO.C13H13NO.6CH4.2B/c1-11-10-14(8-9-16-11)12(2)15(17)13-6-4-3-5-7-13;1-10(12-7-8-15-13(16)9-12)14(17)11-5-3-2-4-6-11;15-13-12-10(7-8-14-13)6-5-9-3-1-2-4-11(9)12;15-13-10-12(8-9-14-13)7-6-11-4-2-1-3-5-11;;;;;;;;/h3-10,12H,1-2H3;2-10H,1H3,(H,15,16);1-4,7-8H,5-6H2,(H,14,15);1-5,8-10H,6-7H2,(H,14,15);6*1H4;;. The number of rotatable bonds is 9. The van der Waals surface area contributed by atoms with Crippen LogP contribution in [-0.4, -0.2) is 48.3 Å². The van der Waals surface area contributed by atoms with Gasteiger partial charge < -0.3 is 15.0 Å². The Morgan fingerprint density at radius 3 is 1.50 bits per heavy atom. The molecule has 376 valence electrons. The molecule has 0 spiro atoms. The fourth-order valence-electron chi connectivity index (χ4n) is 7.43. The molecule has 11 heteroatoms. The maximum Gasteiger partial charge on any atom is 0.256 e. The SMILES string of the molecule is C.C.C.C.C.C.CC(C(=O)c1ccccc1)c1cc[nH]c(=O)c1.Cc1cc(C(C)C(=O)c2ccccc2)ccn1.O=c1[nH]ccc2c1-c1ccccc1CC2.O=c1cc(CCc2ccccc2)cc[nH]1.[B].[B]. The van der Waals surface area contributed by atoms with Crippen molar-refractivity contribution in [2.45, 2.75) is 103 Å². The van der Waals surface area contributed by atoms with Crippen LogP contribution in [0.3, 0.4) is 0 Å². The second kappa shape index (κ2) is 34.6. The minimum Gasteiger partial charge on any atom is -0.329 e. The minimum absolute atomic E-state index is 0. The number of carbonyl (C=O) groups is 2. The number of fused-ring (bicyclic) bond motifs is 3. The predicted molar refractivity (Wildman–Crippen MR) is 307 cm³/mol. The number of H-pyrrole nitrogens is 3. The lowest BCUT2D eigenvalue weighted by molar-refractivity contribution is 0.0958. The summed E-state index contributed by atoms with van der Waals surface area (Å²) in [5, 5.41) is 0. The first kappa shape index (κ1) is 68.6. The second-order valence-corrected chi connectivity index (χ2v) is 15.5. The molecule has 0 bridgehead atoms. The van der Waals surface area contributed by atoms with Crippen LogP contribution in [0.2, 0.25) is 0 Å². The normalized spacial score (nSPS) is 10.5. The molecule has 8 aromatic rings. The minimum atomic E-state index is -0.306. The highest BCUT2D eigenvalue weighted by atomic mass is 16.1. The summed E-state index contributed by atoms with van der Waals surface area (Å²) in [5.74, 6) is -0.258. The first-order valence-corrected chi connectivity index (χ1v) is 21.4. The summed E-state index contributed by atoms with van der Waals surface area (Å²) in [7, 11) is 0. The van der Waals surface area contributed by atoms with Crippen molar-refractivity contribution < 1.29 is 9.59 Å². The molecule has 4 aromatic carbocycles. The van der Waals surface area contributed by atoms with Crippen LogP contribution in [0.5, 0.6) is 0 Å². The van der Waals surface area contributed by atoms with Crippen LogP contribution in [0.25, 0.3) is 11.1 Å². The molecule has 0 saturated heterocycles. The van der Waals surface area contributed by atoms with E-state index in [9.17, 15) is 24.0 Å². The van der Waals surface area contributed by atoms with Gasteiger partial charge in [0.15, 0.2) is 11.6 Å². The molecule has 6 radical (unpaired) electrons. The quantitative estimate of drug-likeness (QED) is 0.0970. The molecule has 4 aromatic heterocycles. The number of nitrogens with zero attached hydrogens (tertiary/aromatic N) is 1. The van der Waals surface area contributed by atoms with Crippen LogP contribution in [0, 0.1) is 6.92 Å². The van der Waals surface area contributed by atoms with Gasteiger partial charge in [0.05, 0.1) is 5.56 Å². The van der Waals surface area contributed by atoms with Crippen LogP contribution in [0.1, 0.15) is 130 Å². The highest BCUT2D eigenvalue weighted by Gasteiger charge is 2.19. The Hall–Kier alpha value is -7.65. The number of aromatic nitrogens is 4. The zero-order valence-electron chi connectivity index (χ0n) is 37.4. The maximum absolute atomic E-state index is 12.2. The highest BCUT2D eigenvalue weighted by molar-refractivity contribution is 6.01. The fraction of sp³-hybridized carbons (Fsp3) is 0.246. The van der Waals surface area contributed by atoms with Gasteiger partial charge in [0.25, 0.3) is 5.56 Å². The van der Waals surface area contributed by atoms with Crippen molar-refractivity contribution in [3.63, 3.8) is 0 Å². The zero-order valence-corrected chi connectivity index (χ0v) is 37.4. The summed E-state index contributed by atoms with van der Waals surface area (Å²) in [6, 6.07) is 49.6. The van der Waals surface area contributed by atoms with Crippen molar-refractivity contribution in [2.75, 3.05) is 0 Å². The molecule has 0 aliphatic heterocycles. The van der Waals surface area contributed by atoms with Crippen molar-refractivity contribution in [1.29, 1.82) is 0 Å². The van der Waals surface area contributed by atoms with E-state index >= 15 is 0 Å². The summed E-state index contributed by atoms with van der Waals surface area (Å²) in [4.78, 5) is 70.4. The lowest BCUT2D eigenvalue weighted by atomic mass is 9.87. The Labute approximate surface area is 433 Å². The van der Waals surface area contributed by atoms with Crippen LogP contribution in [0.4, 0.5) is 0 Å². The van der Waals surface area contributed by atoms with Gasteiger partial charge in [-0.2, -0.15) is 0 Å². The molecule has 1 aliphatic rings. The summed E-state index contributed by atoms with van der Waals surface area (Å²) < 4.78 is 0. The van der Waals surface area contributed by atoms with Crippen molar-refractivity contribution in [3.8, 4) is 11.1 Å². The van der Waals surface area contributed by atoms with Gasteiger partial charge >= 0.3 is 0 Å². The number of pyridine rings is 4.